The number of fused-ring (bicyclic) bond motifs is 3. The summed E-state index contributed by atoms with van der Waals surface area (Å²) < 4.78 is 5.58. The van der Waals surface area contributed by atoms with E-state index in [4.69, 9.17) is 9.57 Å². The minimum Gasteiger partial charge on any atom is -0.447 e. The third kappa shape index (κ3) is 4.12. The first-order valence-corrected chi connectivity index (χ1v) is 10.2. The molecular weight excluding hydrogens is 368 g/mol. The SMILES string of the molecule is CCON(CC(=O)NC1CCC1)C(=O)OCC1c2ccccc2-c2ccccc21. The Bertz CT molecular complexity index is 848. The molecule has 0 heterocycles. The molecule has 0 radical (unpaired) electrons. The fourth-order valence-corrected chi connectivity index (χ4v) is 3.94. The van der Waals surface area contributed by atoms with E-state index in [1.807, 2.05) is 24.3 Å². The number of nitrogens with one attached hydrogen (secondary N) is 1. The summed E-state index contributed by atoms with van der Waals surface area (Å²) >= 11 is 0. The number of hydrogen-bond donors (Lipinski definition) is 1. The maximum atomic E-state index is 12.6. The van der Waals surface area contributed by atoms with Crippen molar-refractivity contribution in [1.29, 1.82) is 0 Å². The number of amides is 2. The van der Waals surface area contributed by atoms with Gasteiger partial charge in [0.15, 0.2) is 0 Å². The average molecular weight is 394 g/mol. The average Bonchev–Trinajstić information content (AvgIpc) is 3.02. The van der Waals surface area contributed by atoms with Gasteiger partial charge in [-0.2, -0.15) is 5.06 Å². The van der Waals surface area contributed by atoms with E-state index in [1.165, 1.54) is 11.1 Å². The molecule has 4 rings (SSSR count). The number of hydrogen-bond acceptors (Lipinski definition) is 4. The Morgan fingerprint density at radius 1 is 1.03 bits per heavy atom. The van der Waals surface area contributed by atoms with E-state index in [2.05, 4.69) is 29.6 Å². The van der Waals surface area contributed by atoms with E-state index in [9.17, 15) is 9.59 Å². The maximum Gasteiger partial charge on any atom is 0.434 e. The first-order chi connectivity index (χ1) is 14.2. The molecule has 152 valence electrons. The number of benzene rings is 2. The van der Waals surface area contributed by atoms with Gasteiger partial charge in [-0.15, -0.1) is 0 Å². The molecule has 0 spiro atoms. The number of carbonyl (C=O) groups excluding carboxylic acids is 2. The lowest BCUT2D eigenvalue weighted by Crippen LogP contribution is -2.46. The fraction of sp³-hybridized carbons (Fsp3) is 0.391. The topological polar surface area (TPSA) is 67.9 Å². The number of hydroxylamine groups is 2. The van der Waals surface area contributed by atoms with Gasteiger partial charge in [-0.25, -0.2) is 4.79 Å². The quantitative estimate of drug-likeness (QED) is 0.724. The van der Waals surface area contributed by atoms with Crippen LogP contribution in [0.3, 0.4) is 0 Å². The van der Waals surface area contributed by atoms with Crippen molar-refractivity contribution in [3.05, 3.63) is 59.7 Å². The van der Waals surface area contributed by atoms with Crippen LogP contribution in [0.1, 0.15) is 43.2 Å². The molecule has 0 aromatic heterocycles. The molecule has 1 fully saturated rings. The highest BCUT2D eigenvalue weighted by molar-refractivity contribution is 5.82. The number of nitrogens with zero attached hydrogens (tertiary/aromatic N) is 1. The molecule has 0 saturated heterocycles. The zero-order valence-corrected chi connectivity index (χ0v) is 16.6. The van der Waals surface area contributed by atoms with Gasteiger partial charge in [0, 0.05) is 12.0 Å². The molecule has 2 aromatic carbocycles. The highest BCUT2D eigenvalue weighted by atomic mass is 16.7. The van der Waals surface area contributed by atoms with E-state index in [0.717, 1.165) is 35.5 Å². The minimum absolute atomic E-state index is 0.0290. The van der Waals surface area contributed by atoms with E-state index in [-0.39, 0.29) is 37.6 Å². The Morgan fingerprint density at radius 3 is 2.21 bits per heavy atom. The second kappa shape index (κ2) is 8.66. The van der Waals surface area contributed by atoms with Crippen LogP contribution in [0.5, 0.6) is 0 Å². The smallest absolute Gasteiger partial charge is 0.434 e. The zero-order chi connectivity index (χ0) is 20.2. The zero-order valence-electron chi connectivity index (χ0n) is 16.6. The van der Waals surface area contributed by atoms with Crippen molar-refractivity contribution in [2.75, 3.05) is 19.8 Å². The van der Waals surface area contributed by atoms with Crippen molar-refractivity contribution in [2.45, 2.75) is 38.1 Å². The summed E-state index contributed by atoms with van der Waals surface area (Å²) in [6.07, 6.45) is 2.47. The summed E-state index contributed by atoms with van der Waals surface area (Å²) in [4.78, 5) is 30.2. The van der Waals surface area contributed by atoms with Gasteiger partial charge < -0.3 is 10.1 Å². The maximum absolute atomic E-state index is 12.6. The summed E-state index contributed by atoms with van der Waals surface area (Å²) in [6, 6.07) is 16.6. The first kappa shape index (κ1) is 19.5. The lowest BCUT2D eigenvalue weighted by atomic mass is 9.93. The van der Waals surface area contributed by atoms with E-state index >= 15 is 0 Å². The van der Waals surface area contributed by atoms with Crippen LogP contribution in [0.25, 0.3) is 11.1 Å². The van der Waals surface area contributed by atoms with Gasteiger partial charge in [0.2, 0.25) is 5.91 Å². The summed E-state index contributed by atoms with van der Waals surface area (Å²) in [5, 5.41) is 3.93. The molecule has 6 nitrogen and oxygen atoms in total. The molecule has 0 unspecified atom stereocenters. The third-order valence-electron chi connectivity index (χ3n) is 5.58. The summed E-state index contributed by atoms with van der Waals surface area (Å²) in [6.45, 7) is 2.08. The van der Waals surface area contributed by atoms with Crippen LogP contribution >= 0.6 is 0 Å². The van der Waals surface area contributed by atoms with Crippen LogP contribution in [0.15, 0.2) is 48.5 Å². The molecule has 6 heteroatoms. The molecule has 0 aliphatic heterocycles. The molecular formula is C23H26N2O4. The van der Waals surface area contributed by atoms with Gasteiger partial charge in [-0.3, -0.25) is 9.63 Å². The Balaban J connectivity index is 1.41. The van der Waals surface area contributed by atoms with Crippen molar-refractivity contribution in [1.82, 2.24) is 10.4 Å². The Hall–Kier alpha value is -2.86. The van der Waals surface area contributed by atoms with Gasteiger partial charge in [0.1, 0.15) is 13.2 Å². The van der Waals surface area contributed by atoms with Crippen LogP contribution in [0, 0.1) is 0 Å². The largest absolute Gasteiger partial charge is 0.447 e. The van der Waals surface area contributed by atoms with Gasteiger partial charge in [-0.1, -0.05) is 48.5 Å². The van der Waals surface area contributed by atoms with Crippen LogP contribution in [0.4, 0.5) is 4.79 Å². The monoisotopic (exact) mass is 394 g/mol. The second-order valence-corrected chi connectivity index (χ2v) is 7.45. The summed E-state index contributed by atoms with van der Waals surface area (Å²) in [7, 11) is 0. The molecule has 0 atom stereocenters. The van der Waals surface area contributed by atoms with Crippen molar-refractivity contribution in [3.8, 4) is 11.1 Å². The van der Waals surface area contributed by atoms with Gasteiger partial charge in [0.05, 0.1) is 6.61 Å². The molecule has 29 heavy (non-hydrogen) atoms. The van der Waals surface area contributed by atoms with Gasteiger partial charge in [-0.05, 0) is 48.4 Å². The first-order valence-electron chi connectivity index (χ1n) is 10.2. The molecule has 2 aliphatic carbocycles. The summed E-state index contributed by atoms with van der Waals surface area (Å²) in [5.74, 6) is -0.254. The lowest BCUT2D eigenvalue weighted by Gasteiger charge is -2.28. The Kier molecular flexibility index (Phi) is 5.81. The highest BCUT2D eigenvalue weighted by Crippen LogP contribution is 2.44. The van der Waals surface area contributed by atoms with E-state index in [0.29, 0.717) is 0 Å². The lowest BCUT2D eigenvalue weighted by molar-refractivity contribution is -0.151. The third-order valence-corrected chi connectivity index (χ3v) is 5.58. The molecule has 1 saturated carbocycles. The fourth-order valence-electron chi connectivity index (χ4n) is 3.94. The van der Waals surface area contributed by atoms with Crippen molar-refractivity contribution in [2.24, 2.45) is 0 Å². The molecule has 2 aliphatic rings. The molecule has 2 amide bonds. The van der Waals surface area contributed by atoms with Crippen molar-refractivity contribution < 1.29 is 19.2 Å². The van der Waals surface area contributed by atoms with Crippen LogP contribution < -0.4 is 5.32 Å². The van der Waals surface area contributed by atoms with Crippen molar-refractivity contribution in [3.63, 3.8) is 0 Å². The second-order valence-electron chi connectivity index (χ2n) is 7.45. The van der Waals surface area contributed by atoms with Crippen LogP contribution in [-0.4, -0.2) is 42.9 Å². The summed E-state index contributed by atoms with van der Waals surface area (Å²) in [5.41, 5.74) is 4.63. The van der Waals surface area contributed by atoms with Gasteiger partial charge in [0.25, 0.3) is 0 Å². The minimum atomic E-state index is -0.641. The Morgan fingerprint density at radius 2 is 1.66 bits per heavy atom. The number of rotatable bonds is 7. The predicted octanol–water partition coefficient (Wildman–Crippen LogP) is 3.86. The van der Waals surface area contributed by atoms with Gasteiger partial charge >= 0.3 is 6.09 Å². The highest BCUT2D eigenvalue weighted by Gasteiger charge is 2.30. The standard InChI is InChI=1S/C23H26N2O4/c1-2-29-25(14-22(26)24-16-8-7-9-16)23(27)28-15-21-19-12-5-3-10-17(19)18-11-4-6-13-20(18)21/h3-6,10-13,16,21H,2,7-9,14-15H2,1H3,(H,24,26). The number of carbonyl (C=O) groups is 2. The normalized spacial score (nSPS) is 15.2. The molecule has 2 aromatic rings. The van der Waals surface area contributed by atoms with E-state index < -0.39 is 6.09 Å². The Labute approximate surface area is 170 Å². The predicted molar refractivity (Wildman–Crippen MR) is 109 cm³/mol. The molecule has 1 N–H and O–H groups in total. The van der Waals surface area contributed by atoms with E-state index in [1.54, 1.807) is 6.92 Å². The van der Waals surface area contributed by atoms with Crippen LogP contribution in [0.2, 0.25) is 0 Å². The van der Waals surface area contributed by atoms with Crippen molar-refractivity contribution >= 4 is 12.0 Å². The molecule has 0 bridgehead atoms. The van der Waals surface area contributed by atoms with Crippen LogP contribution in [-0.2, 0) is 14.4 Å². The number of ether oxygens (including phenoxy) is 1.